The highest BCUT2D eigenvalue weighted by Gasteiger charge is 2.25. The molecule has 0 saturated heterocycles. The lowest BCUT2D eigenvalue weighted by molar-refractivity contribution is -0.385. The van der Waals surface area contributed by atoms with Gasteiger partial charge in [0, 0.05) is 23.3 Å². The van der Waals surface area contributed by atoms with Crippen LogP contribution in [-0.2, 0) is 11.3 Å². The molecule has 2 aromatic carbocycles. The van der Waals surface area contributed by atoms with Crippen molar-refractivity contribution in [1.29, 1.82) is 0 Å². The number of fused-ring (bicyclic) bond motifs is 1. The van der Waals surface area contributed by atoms with Crippen molar-refractivity contribution in [1.82, 2.24) is 0 Å². The fraction of sp³-hybridized carbons (Fsp3) is 0.143. The zero-order chi connectivity index (χ0) is 14.1. The first-order valence-electron chi connectivity index (χ1n) is 5.95. The van der Waals surface area contributed by atoms with E-state index in [1.807, 2.05) is 18.2 Å². The van der Waals surface area contributed by atoms with Crippen LogP contribution in [0.15, 0.2) is 42.5 Å². The van der Waals surface area contributed by atoms with Crippen LogP contribution < -0.4 is 4.74 Å². The fourth-order valence-electron chi connectivity index (χ4n) is 2.04. The third kappa shape index (κ3) is 2.33. The maximum Gasteiger partial charge on any atom is 0.270 e. The average Bonchev–Trinajstić information content (AvgIpc) is 2.46. The molecule has 3 rings (SSSR count). The average molecular weight is 292 g/mol. The summed E-state index contributed by atoms with van der Waals surface area (Å²) in [5.41, 5.74) is 1.41. The summed E-state index contributed by atoms with van der Waals surface area (Å²) in [7, 11) is 0. The van der Waals surface area contributed by atoms with E-state index in [-0.39, 0.29) is 12.3 Å². The molecular weight excluding hydrogens is 282 g/mol. The molecule has 0 fully saturated rings. The zero-order valence-electron chi connectivity index (χ0n) is 10.3. The largest absolute Gasteiger partial charge is 0.460 e. The van der Waals surface area contributed by atoms with Crippen LogP contribution in [0.25, 0.3) is 0 Å². The summed E-state index contributed by atoms with van der Waals surface area (Å²) in [6, 6.07) is 11.7. The molecule has 0 aliphatic carbocycles. The molecule has 0 saturated carbocycles. The van der Waals surface area contributed by atoms with Gasteiger partial charge in [-0.2, -0.15) is 0 Å². The van der Waals surface area contributed by atoms with Crippen LogP contribution in [0.1, 0.15) is 17.4 Å². The van der Waals surface area contributed by atoms with Gasteiger partial charge >= 0.3 is 0 Å². The van der Waals surface area contributed by atoms with E-state index in [9.17, 15) is 10.1 Å². The maximum atomic E-state index is 10.7. The molecule has 1 atom stereocenters. The van der Waals surface area contributed by atoms with Gasteiger partial charge in [-0.3, -0.25) is 10.1 Å². The molecule has 102 valence electrons. The Labute approximate surface area is 119 Å². The smallest absolute Gasteiger partial charge is 0.270 e. The SMILES string of the molecule is O=[N+]([O-])c1ccc2c(c1)COC(c1ccccc1Cl)O2. The van der Waals surface area contributed by atoms with E-state index in [0.29, 0.717) is 16.3 Å². The topological polar surface area (TPSA) is 61.6 Å². The summed E-state index contributed by atoms with van der Waals surface area (Å²) in [5.74, 6) is 0.576. The minimum absolute atomic E-state index is 0.0205. The predicted molar refractivity (Wildman–Crippen MR) is 72.7 cm³/mol. The molecule has 20 heavy (non-hydrogen) atoms. The highest BCUT2D eigenvalue weighted by atomic mass is 35.5. The third-order valence-corrected chi connectivity index (χ3v) is 3.38. The van der Waals surface area contributed by atoms with Crippen molar-refractivity contribution >= 4 is 17.3 Å². The molecule has 5 nitrogen and oxygen atoms in total. The van der Waals surface area contributed by atoms with Gasteiger partial charge in [-0.05, 0) is 12.1 Å². The van der Waals surface area contributed by atoms with Crippen LogP contribution in [0.2, 0.25) is 5.02 Å². The maximum absolute atomic E-state index is 10.7. The number of halogens is 1. The van der Waals surface area contributed by atoms with Crippen LogP contribution in [0.3, 0.4) is 0 Å². The minimum atomic E-state index is -0.599. The van der Waals surface area contributed by atoms with Crippen molar-refractivity contribution in [3.05, 3.63) is 68.7 Å². The Morgan fingerprint density at radius 2 is 2.05 bits per heavy atom. The molecule has 6 heteroatoms. The van der Waals surface area contributed by atoms with Crippen molar-refractivity contribution < 1.29 is 14.4 Å². The van der Waals surface area contributed by atoms with Gasteiger partial charge in [-0.15, -0.1) is 0 Å². The van der Waals surface area contributed by atoms with Crippen molar-refractivity contribution in [2.75, 3.05) is 0 Å². The van der Waals surface area contributed by atoms with Gasteiger partial charge in [0.15, 0.2) is 0 Å². The number of ether oxygens (including phenoxy) is 2. The first kappa shape index (κ1) is 12.9. The number of non-ortho nitro benzene ring substituents is 1. The molecule has 1 unspecified atom stereocenters. The Morgan fingerprint density at radius 3 is 2.80 bits per heavy atom. The summed E-state index contributed by atoms with van der Waals surface area (Å²) in [6.45, 7) is 0.243. The van der Waals surface area contributed by atoms with Gasteiger partial charge in [-0.25, -0.2) is 0 Å². The van der Waals surface area contributed by atoms with E-state index in [4.69, 9.17) is 21.1 Å². The summed E-state index contributed by atoms with van der Waals surface area (Å²) < 4.78 is 11.3. The number of nitrogens with zero attached hydrogens (tertiary/aromatic N) is 1. The molecule has 0 bridgehead atoms. The van der Waals surface area contributed by atoms with Gasteiger partial charge in [0.25, 0.3) is 5.69 Å². The molecule has 0 spiro atoms. The summed E-state index contributed by atoms with van der Waals surface area (Å²) in [5, 5.41) is 11.3. The van der Waals surface area contributed by atoms with E-state index in [1.165, 1.54) is 12.1 Å². The number of nitro groups is 1. The number of benzene rings is 2. The number of hydrogen-bond donors (Lipinski definition) is 0. The van der Waals surface area contributed by atoms with E-state index in [0.717, 1.165) is 5.56 Å². The lowest BCUT2D eigenvalue weighted by atomic mass is 10.1. The monoisotopic (exact) mass is 291 g/mol. The van der Waals surface area contributed by atoms with Gasteiger partial charge in [0.2, 0.25) is 6.29 Å². The summed E-state index contributed by atoms with van der Waals surface area (Å²) in [6.07, 6.45) is -0.599. The summed E-state index contributed by atoms with van der Waals surface area (Å²) >= 11 is 6.10. The van der Waals surface area contributed by atoms with Crippen LogP contribution in [0.5, 0.6) is 5.75 Å². The van der Waals surface area contributed by atoms with Gasteiger partial charge in [0.05, 0.1) is 16.6 Å². The minimum Gasteiger partial charge on any atom is -0.460 e. The summed E-state index contributed by atoms with van der Waals surface area (Å²) in [4.78, 5) is 10.3. The first-order valence-corrected chi connectivity index (χ1v) is 6.33. The van der Waals surface area contributed by atoms with Crippen LogP contribution in [-0.4, -0.2) is 4.92 Å². The molecule has 1 heterocycles. The molecule has 1 aliphatic rings. The number of hydrogen-bond acceptors (Lipinski definition) is 4. The zero-order valence-corrected chi connectivity index (χ0v) is 11.0. The van der Waals surface area contributed by atoms with Crippen molar-refractivity contribution in [2.24, 2.45) is 0 Å². The molecule has 1 aliphatic heterocycles. The Hall–Kier alpha value is -2.11. The van der Waals surface area contributed by atoms with Crippen LogP contribution in [0.4, 0.5) is 5.69 Å². The first-order chi connectivity index (χ1) is 9.65. The predicted octanol–water partition coefficient (Wildman–Crippen LogP) is 3.86. The Morgan fingerprint density at radius 1 is 1.25 bits per heavy atom. The molecule has 0 N–H and O–H groups in total. The van der Waals surface area contributed by atoms with Crippen molar-refractivity contribution in [3.8, 4) is 5.75 Å². The van der Waals surface area contributed by atoms with Gasteiger partial charge in [0.1, 0.15) is 5.75 Å². The standard InChI is InChI=1S/C14H10ClNO4/c15-12-4-2-1-3-11(12)14-19-8-9-7-10(16(17)18)5-6-13(9)20-14/h1-7,14H,8H2. The lowest BCUT2D eigenvalue weighted by Gasteiger charge is -2.26. The molecular formula is C14H10ClNO4. The number of nitro benzene ring substituents is 1. The molecule has 0 aromatic heterocycles. The van der Waals surface area contributed by atoms with Gasteiger partial charge in [-0.1, -0.05) is 29.8 Å². The number of rotatable bonds is 2. The second kappa shape index (κ2) is 5.11. The fourth-order valence-corrected chi connectivity index (χ4v) is 2.27. The molecule has 0 amide bonds. The second-order valence-corrected chi connectivity index (χ2v) is 4.74. The highest BCUT2D eigenvalue weighted by molar-refractivity contribution is 6.31. The lowest BCUT2D eigenvalue weighted by Crippen LogP contribution is -2.18. The Balaban J connectivity index is 1.90. The van der Waals surface area contributed by atoms with Crippen LogP contribution in [0, 0.1) is 10.1 Å². The third-order valence-electron chi connectivity index (χ3n) is 3.04. The Bertz CT molecular complexity index is 674. The molecule has 0 radical (unpaired) electrons. The highest BCUT2D eigenvalue weighted by Crippen LogP contribution is 2.36. The van der Waals surface area contributed by atoms with Gasteiger partial charge < -0.3 is 9.47 Å². The quantitative estimate of drug-likeness (QED) is 0.623. The van der Waals surface area contributed by atoms with E-state index in [1.54, 1.807) is 12.1 Å². The molecule has 2 aromatic rings. The Kier molecular flexibility index (Phi) is 3.30. The van der Waals surface area contributed by atoms with Crippen molar-refractivity contribution in [2.45, 2.75) is 12.9 Å². The normalized spacial score (nSPS) is 17.1. The van der Waals surface area contributed by atoms with Crippen LogP contribution >= 0.6 is 11.6 Å². The van der Waals surface area contributed by atoms with Crippen molar-refractivity contribution in [3.63, 3.8) is 0 Å². The van der Waals surface area contributed by atoms with E-state index in [2.05, 4.69) is 0 Å². The second-order valence-electron chi connectivity index (χ2n) is 4.33. The van der Waals surface area contributed by atoms with E-state index >= 15 is 0 Å². The van der Waals surface area contributed by atoms with E-state index < -0.39 is 11.2 Å².